The summed E-state index contributed by atoms with van der Waals surface area (Å²) in [5, 5.41) is 3.47. The first-order valence-electron chi connectivity index (χ1n) is 8.06. The summed E-state index contributed by atoms with van der Waals surface area (Å²) in [7, 11) is 0. The van der Waals surface area contributed by atoms with Crippen molar-refractivity contribution in [2.24, 2.45) is 5.92 Å². The molecule has 2 saturated carbocycles. The summed E-state index contributed by atoms with van der Waals surface area (Å²) in [5.74, 6) is 1.38. The molecule has 1 aromatic rings. The van der Waals surface area contributed by atoms with Gasteiger partial charge in [0.2, 0.25) is 5.88 Å². The van der Waals surface area contributed by atoms with Crippen LogP contribution in [0.1, 0.15) is 57.6 Å². The number of hydrogen-bond donors (Lipinski definition) is 1. The van der Waals surface area contributed by atoms with Crippen LogP contribution in [0.2, 0.25) is 0 Å². The van der Waals surface area contributed by atoms with Crippen molar-refractivity contribution < 1.29 is 4.74 Å². The van der Waals surface area contributed by atoms with Gasteiger partial charge in [-0.15, -0.1) is 0 Å². The number of aromatic nitrogens is 2. The van der Waals surface area contributed by atoms with E-state index in [4.69, 9.17) is 4.74 Å². The lowest BCUT2D eigenvalue weighted by Gasteiger charge is -2.30. The van der Waals surface area contributed by atoms with Crippen molar-refractivity contribution >= 4 is 0 Å². The second kappa shape index (κ2) is 6.53. The van der Waals surface area contributed by atoms with E-state index >= 15 is 0 Å². The van der Waals surface area contributed by atoms with Gasteiger partial charge in [-0.2, -0.15) is 0 Å². The van der Waals surface area contributed by atoms with Gasteiger partial charge in [0.25, 0.3) is 0 Å². The van der Waals surface area contributed by atoms with E-state index in [0.29, 0.717) is 23.9 Å². The third kappa shape index (κ3) is 3.69. The van der Waals surface area contributed by atoms with Crippen molar-refractivity contribution in [1.82, 2.24) is 15.3 Å². The minimum Gasteiger partial charge on any atom is -0.473 e. The molecule has 2 aliphatic rings. The average Bonchev–Trinajstić information content (AvgIpc) is 3.30. The molecule has 0 aromatic carbocycles. The third-order valence-corrected chi connectivity index (χ3v) is 4.45. The minimum atomic E-state index is 0.328. The Morgan fingerprint density at radius 1 is 1.20 bits per heavy atom. The van der Waals surface area contributed by atoms with Gasteiger partial charge >= 0.3 is 0 Å². The summed E-state index contributed by atoms with van der Waals surface area (Å²) in [6.07, 6.45) is 12.8. The second-order valence-electron chi connectivity index (χ2n) is 6.11. The van der Waals surface area contributed by atoms with Gasteiger partial charge in [-0.3, -0.25) is 4.98 Å². The largest absolute Gasteiger partial charge is 0.473 e. The van der Waals surface area contributed by atoms with E-state index in [2.05, 4.69) is 22.2 Å². The molecule has 0 spiro atoms. The molecule has 2 unspecified atom stereocenters. The SMILES string of the molecule is CCC1CCCCC1Oc1cncc(CNC2CC2)n1. The fourth-order valence-corrected chi connectivity index (χ4v) is 3.02. The molecular weight excluding hydrogens is 250 g/mol. The maximum atomic E-state index is 6.12. The summed E-state index contributed by atoms with van der Waals surface area (Å²) in [6.45, 7) is 3.06. The first-order chi connectivity index (χ1) is 9.85. The zero-order valence-electron chi connectivity index (χ0n) is 12.3. The lowest BCUT2D eigenvalue weighted by Crippen LogP contribution is -2.30. The van der Waals surface area contributed by atoms with Gasteiger partial charge in [0.1, 0.15) is 6.10 Å². The normalized spacial score (nSPS) is 26.4. The molecule has 1 aromatic heterocycles. The highest BCUT2D eigenvalue weighted by molar-refractivity contribution is 5.09. The van der Waals surface area contributed by atoms with Gasteiger partial charge in [0.05, 0.1) is 11.9 Å². The third-order valence-electron chi connectivity index (χ3n) is 4.45. The topological polar surface area (TPSA) is 47.0 Å². The number of rotatable bonds is 6. The molecule has 20 heavy (non-hydrogen) atoms. The molecule has 0 saturated heterocycles. The van der Waals surface area contributed by atoms with Gasteiger partial charge in [-0.25, -0.2) is 4.98 Å². The minimum absolute atomic E-state index is 0.328. The maximum Gasteiger partial charge on any atom is 0.232 e. The van der Waals surface area contributed by atoms with Crippen LogP contribution in [-0.2, 0) is 6.54 Å². The maximum absolute atomic E-state index is 6.12. The Balaban J connectivity index is 1.59. The molecule has 4 nitrogen and oxygen atoms in total. The molecule has 1 N–H and O–H groups in total. The molecule has 2 aliphatic carbocycles. The van der Waals surface area contributed by atoms with Crippen LogP contribution in [0.15, 0.2) is 12.4 Å². The standard InChI is InChI=1S/C16H25N3O/c1-2-12-5-3-4-6-15(12)20-16-11-17-9-14(19-16)10-18-13-7-8-13/h9,11-13,15,18H,2-8,10H2,1H3. The van der Waals surface area contributed by atoms with E-state index in [1.165, 1.54) is 38.5 Å². The van der Waals surface area contributed by atoms with E-state index in [1.54, 1.807) is 6.20 Å². The van der Waals surface area contributed by atoms with E-state index < -0.39 is 0 Å². The zero-order valence-corrected chi connectivity index (χ0v) is 12.3. The Hall–Kier alpha value is -1.16. The van der Waals surface area contributed by atoms with Crippen LogP contribution >= 0.6 is 0 Å². The Morgan fingerprint density at radius 3 is 2.85 bits per heavy atom. The van der Waals surface area contributed by atoms with Crippen molar-refractivity contribution in [3.05, 3.63) is 18.1 Å². The number of ether oxygens (including phenoxy) is 1. The molecule has 0 bridgehead atoms. The molecule has 0 aliphatic heterocycles. The van der Waals surface area contributed by atoms with Crippen molar-refractivity contribution in [2.45, 2.75) is 70.6 Å². The predicted octanol–water partition coefficient (Wildman–Crippen LogP) is 3.08. The van der Waals surface area contributed by atoms with Crippen LogP contribution in [0.25, 0.3) is 0 Å². The summed E-state index contributed by atoms with van der Waals surface area (Å²) < 4.78 is 6.12. The fourth-order valence-electron chi connectivity index (χ4n) is 3.02. The molecule has 1 heterocycles. The summed E-state index contributed by atoms with van der Waals surface area (Å²) in [6, 6.07) is 0.698. The molecule has 2 fully saturated rings. The van der Waals surface area contributed by atoms with Gasteiger partial charge in [-0.05, 0) is 44.4 Å². The number of nitrogens with one attached hydrogen (secondary N) is 1. The van der Waals surface area contributed by atoms with Gasteiger partial charge in [-0.1, -0.05) is 13.3 Å². The van der Waals surface area contributed by atoms with Crippen LogP contribution < -0.4 is 10.1 Å². The van der Waals surface area contributed by atoms with E-state index in [9.17, 15) is 0 Å². The summed E-state index contributed by atoms with van der Waals surface area (Å²) in [5.41, 5.74) is 0.984. The highest BCUT2D eigenvalue weighted by Crippen LogP contribution is 2.29. The van der Waals surface area contributed by atoms with Crippen molar-refractivity contribution in [1.29, 1.82) is 0 Å². The van der Waals surface area contributed by atoms with Crippen LogP contribution in [0.3, 0.4) is 0 Å². The highest BCUT2D eigenvalue weighted by atomic mass is 16.5. The lowest BCUT2D eigenvalue weighted by atomic mass is 9.85. The Morgan fingerprint density at radius 2 is 2.05 bits per heavy atom. The highest BCUT2D eigenvalue weighted by Gasteiger charge is 2.26. The summed E-state index contributed by atoms with van der Waals surface area (Å²) in [4.78, 5) is 8.86. The van der Waals surface area contributed by atoms with Crippen LogP contribution in [0, 0.1) is 5.92 Å². The monoisotopic (exact) mass is 275 g/mol. The van der Waals surface area contributed by atoms with Gasteiger partial charge < -0.3 is 10.1 Å². The quantitative estimate of drug-likeness (QED) is 0.866. The zero-order chi connectivity index (χ0) is 13.8. The molecule has 0 amide bonds. The number of hydrogen-bond acceptors (Lipinski definition) is 4. The smallest absolute Gasteiger partial charge is 0.232 e. The molecule has 0 radical (unpaired) electrons. The van der Waals surface area contributed by atoms with Crippen molar-refractivity contribution in [3.8, 4) is 5.88 Å². The van der Waals surface area contributed by atoms with E-state index in [0.717, 1.165) is 18.7 Å². The number of nitrogens with zero attached hydrogens (tertiary/aromatic N) is 2. The van der Waals surface area contributed by atoms with Gasteiger partial charge in [0, 0.05) is 18.8 Å². The molecule has 4 heteroatoms. The average molecular weight is 275 g/mol. The van der Waals surface area contributed by atoms with Crippen LogP contribution in [0.4, 0.5) is 0 Å². The van der Waals surface area contributed by atoms with E-state index in [-0.39, 0.29) is 0 Å². The van der Waals surface area contributed by atoms with Gasteiger partial charge in [0.15, 0.2) is 0 Å². The molecule has 2 atom stereocenters. The second-order valence-corrected chi connectivity index (χ2v) is 6.11. The fraction of sp³-hybridized carbons (Fsp3) is 0.750. The summed E-state index contributed by atoms with van der Waals surface area (Å²) >= 11 is 0. The van der Waals surface area contributed by atoms with Crippen molar-refractivity contribution in [3.63, 3.8) is 0 Å². The Labute approximate surface area is 121 Å². The molecule has 3 rings (SSSR count). The van der Waals surface area contributed by atoms with E-state index in [1.807, 2.05) is 6.20 Å². The first-order valence-corrected chi connectivity index (χ1v) is 8.06. The van der Waals surface area contributed by atoms with Crippen LogP contribution in [-0.4, -0.2) is 22.1 Å². The molecule has 110 valence electrons. The Kier molecular flexibility index (Phi) is 4.51. The predicted molar refractivity (Wildman–Crippen MR) is 78.6 cm³/mol. The first kappa shape index (κ1) is 13.8. The van der Waals surface area contributed by atoms with Crippen molar-refractivity contribution in [2.75, 3.05) is 0 Å². The van der Waals surface area contributed by atoms with Crippen LogP contribution in [0.5, 0.6) is 5.88 Å². The Bertz CT molecular complexity index is 433. The lowest BCUT2D eigenvalue weighted by molar-refractivity contribution is 0.0851. The molecular formula is C16H25N3O.